The number of hydrogen-bond acceptors (Lipinski definition) is 4. The van der Waals surface area contributed by atoms with Gasteiger partial charge in [-0.2, -0.15) is 0 Å². The molecule has 0 unspecified atom stereocenters. The molecule has 0 spiro atoms. The van der Waals surface area contributed by atoms with Gasteiger partial charge in [-0.1, -0.05) is 29.3 Å². The van der Waals surface area contributed by atoms with Crippen LogP contribution in [0.3, 0.4) is 0 Å². The van der Waals surface area contributed by atoms with Gasteiger partial charge in [0.1, 0.15) is 0 Å². The van der Waals surface area contributed by atoms with Crippen LogP contribution < -0.4 is 10.2 Å². The highest BCUT2D eigenvalue weighted by Crippen LogP contribution is 2.28. The number of aryl methyl sites for hydroxylation is 2. The zero-order valence-electron chi connectivity index (χ0n) is 16.0. The number of halogens is 2. The number of rotatable bonds is 5. The standard InChI is InChI=1S/C21H20Cl2N2O4/c1-12-5-13(2)7-16(6-12)25-10-14(8-20(25)27)21(28)29-11-19(26)24-18-9-15(22)3-4-17(18)23/h3-7,9,14H,8,10-11H2,1-2H3,(H,24,26)/t14-/m1/s1. The molecule has 1 aliphatic heterocycles. The molecule has 29 heavy (non-hydrogen) atoms. The predicted octanol–water partition coefficient (Wildman–Crippen LogP) is 4.15. The minimum atomic E-state index is -0.620. The second kappa shape index (κ2) is 8.84. The first-order valence-electron chi connectivity index (χ1n) is 9.03. The van der Waals surface area contributed by atoms with Crippen molar-refractivity contribution in [1.82, 2.24) is 0 Å². The average Bonchev–Trinajstić information content (AvgIpc) is 3.04. The van der Waals surface area contributed by atoms with E-state index in [1.807, 2.05) is 32.0 Å². The molecule has 2 amide bonds. The molecule has 2 aromatic carbocycles. The van der Waals surface area contributed by atoms with E-state index < -0.39 is 24.4 Å². The van der Waals surface area contributed by atoms with Gasteiger partial charge in [0, 0.05) is 23.7 Å². The van der Waals surface area contributed by atoms with Crippen LogP contribution >= 0.6 is 23.2 Å². The van der Waals surface area contributed by atoms with Crippen LogP contribution in [0.15, 0.2) is 36.4 Å². The lowest BCUT2D eigenvalue weighted by Crippen LogP contribution is -2.28. The third kappa shape index (κ3) is 5.28. The van der Waals surface area contributed by atoms with Gasteiger partial charge in [-0.05, 0) is 55.3 Å². The molecule has 1 fully saturated rings. The van der Waals surface area contributed by atoms with E-state index in [0.29, 0.717) is 15.7 Å². The quantitative estimate of drug-likeness (QED) is 0.717. The van der Waals surface area contributed by atoms with E-state index in [2.05, 4.69) is 5.32 Å². The van der Waals surface area contributed by atoms with Gasteiger partial charge in [0.05, 0.1) is 16.6 Å². The van der Waals surface area contributed by atoms with Gasteiger partial charge in [0.15, 0.2) is 6.61 Å². The first-order valence-corrected chi connectivity index (χ1v) is 9.78. The largest absolute Gasteiger partial charge is 0.455 e. The topological polar surface area (TPSA) is 75.7 Å². The molecule has 1 heterocycles. The normalized spacial score (nSPS) is 16.1. The molecule has 1 N–H and O–H groups in total. The fourth-order valence-electron chi connectivity index (χ4n) is 3.26. The molecule has 3 rings (SSSR count). The third-order valence-electron chi connectivity index (χ3n) is 4.52. The molecule has 0 bridgehead atoms. The molecule has 1 aliphatic rings. The van der Waals surface area contributed by atoms with Crippen LogP contribution in [0.4, 0.5) is 11.4 Å². The highest BCUT2D eigenvalue weighted by Gasteiger charge is 2.36. The van der Waals surface area contributed by atoms with Crippen LogP contribution in [0.25, 0.3) is 0 Å². The molecular formula is C21H20Cl2N2O4. The van der Waals surface area contributed by atoms with Crippen LogP contribution in [0.2, 0.25) is 10.0 Å². The lowest BCUT2D eigenvalue weighted by molar-refractivity contribution is -0.151. The summed E-state index contributed by atoms with van der Waals surface area (Å²) >= 11 is 11.9. The van der Waals surface area contributed by atoms with Gasteiger partial charge in [-0.3, -0.25) is 14.4 Å². The summed E-state index contributed by atoms with van der Waals surface area (Å²) in [4.78, 5) is 38.4. The first kappa shape index (κ1) is 21.1. The van der Waals surface area contributed by atoms with Gasteiger partial charge in [0.2, 0.25) is 5.91 Å². The summed E-state index contributed by atoms with van der Waals surface area (Å²) in [5.41, 5.74) is 3.17. The number of anilines is 2. The Morgan fingerprint density at radius 2 is 1.83 bits per heavy atom. The summed E-state index contributed by atoms with van der Waals surface area (Å²) in [5, 5.41) is 3.28. The van der Waals surface area contributed by atoms with Gasteiger partial charge in [-0.25, -0.2) is 0 Å². The maximum atomic E-state index is 12.4. The molecule has 6 nitrogen and oxygen atoms in total. The van der Waals surface area contributed by atoms with Crippen molar-refractivity contribution in [3.05, 3.63) is 57.6 Å². The van der Waals surface area contributed by atoms with Crippen molar-refractivity contribution in [2.24, 2.45) is 5.92 Å². The zero-order chi connectivity index (χ0) is 21.1. The molecule has 0 saturated carbocycles. The number of esters is 1. The second-order valence-corrected chi connectivity index (χ2v) is 7.87. The molecule has 152 valence electrons. The Kier molecular flexibility index (Phi) is 6.45. The van der Waals surface area contributed by atoms with E-state index in [-0.39, 0.29) is 18.9 Å². The molecule has 8 heteroatoms. The molecule has 2 aromatic rings. The summed E-state index contributed by atoms with van der Waals surface area (Å²) in [6.07, 6.45) is 0.0492. The summed E-state index contributed by atoms with van der Waals surface area (Å²) in [6, 6.07) is 10.5. The molecule has 0 aromatic heterocycles. The lowest BCUT2D eigenvalue weighted by atomic mass is 10.1. The highest BCUT2D eigenvalue weighted by molar-refractivity contribution is 6.35. The molecule has 1 atom stereocenters. The number of nitrogens with zero attached hydrogens (tertiary/aromatic N) is 1. The Hall–Kier alpha value is -2.57. The van der Waals surface area contributed by atoms with E-state index >= 15 is 0 Å². The van der Waals surface area contributed by atoms with Gasteiger partial charge in [-0.15, -0.1) is 0 Å². The van der Waals surface area contributed by atoms with Crippen molar-refractivity contribution in [3.8, 4) is 0 Å². The van der Waals surface area contributed by atoms with Crippen LogP contribution in [-0.4, -0.2) is 30.9 Å². The van der Waals surface area contributed by atoms with E-state index in [1.165, 1.54) is 6.07 Å². The van der Waals surface area contributed by atoms with Crippen LogP contribution in [0.5, 0.6) is 0 Å². The molecule has 0 radical (unpaired) electrons. The van der Waals surface area contributed by atoms with Crippen molar-refractivity contribution in [1.29, 1.82) is 0 Å². The summed E-state index contributed by atoms with van der Waals surface area (Å²) in [7, 11) is 0. The van der Waals surface area contributed by atoms with Crippen molar-refractivity contribution in [3.63, 3.8) is 0 Å². The number of carbonyl (C=O) groups excluding carboxylic acids is 3. The monoisotopic (exact) mass is 434 g/mol. The van der Waals surface area contributed by atoms with E-state index in [9.17, 15) is 14.4 Å². The Morgan fingerprint density at radius 3 is 2.52 bits per heavy atom. The van der Waals surface area contributed by atoms with E-state index in [0.717, 1.165) is 16.8 Å². The summed E-state index contributed by atoms with van der Waals surface area (Å²) < 4.78 is 5.10. The number of ether oxygens (including phenoxy) is 1. The molecular weight excluding hydrogens is 415 g/mol. The molecule has 1 saturated heterocycles. The first-order chi connectivity index (χ1) is 13.7. The van der Waals surface area contributed by atoms with Crippen LogP contribution in [0, 0.1) is 19.8 Å². The smallest absolute Gasteiger partial charge is 0.311 e. The number of benzene rings is 2. The van der Waals surface area contributed by atoms with E-state index in [1.54, 1.807) is 17.0 Å². The van der Waals surface area contributed by atoms with Crippen LogP contribution in [0.1, 0.15) is 17.5 Å². The Balaban J connectivity index is 1.56. The third-order valence-corrected chi connectivity index (χ3v) is 5.09. The maximum Gasteiger partial charge on any atom is 0.311 e. The van der Waals surface area contributed by atoms with Crippen molar-refractivity contribution >= 4 is 52.4 Å². The number of nitrogens with one attached hydrogen (secondary N) is 1. The second-order valence-electron chi connectivity index (χ2n) is 7.03. The van der Waals surface area contributed by atoms with Crippen molar-refractivity contribution in [2.75, 3.05) is 23.4 Å². The zero-order valence-corrected chi connectivity index (χ0v) is 17.5. The number of carbonyl (C=O) groups is 3. The Morgan fingerprint density at radius 1 is 1.14 bits per heavy atom. The van der Waals surface area contributed by atoms with Gasteiger partial charge < -0.3 is 15.0 Å². The van der Waals surface area contributed by atoms with Crippen molar-refractivity contribution in [2.45, 2.75) is 20.3 Å². The highest BCUT2D eigenvalue weighted by atomic mass is 35.5. The average molecular weight is 435 g/mol. The van der Waals surface area contributed by atoms with Gasteiger partial charge in [0.25, 0.3) is 5.91 Å². The Labute approximate surface area is 178 Å². The number of amides is 2. The minimum absolute atomic E-state index is 0.0492. The summed E-state index contributed by atoms with van der Waals surface area (Å²) in [6.45, 7) is 3.65. The van der Waals surface area contributed by atoms with Crippen LogP contribution in [-0.2, 0) is 19.1 Å². The lowest BCUT2D eigenvalue weighted by Gasteiger charge is -2.18. The SMILES string of the molecule is Cc1cc(C)cc(N2C[C@H](C(=O)OCC(=O)Nc3cc(Cl)ccc3Cl)CC2=O)c1. The fourth-order valence-corrected chi connectivity index (χ4v) is 3.59. The Bertz CT molecular complexity index is 957. The summed E-state index contributed by atoms with van der Waals surface area (Å²) in [5.74, 6) is -1.89. The van der Waals surface area contributed by atoms with E-state index in [4.69, 9.17) is 27.9 Å². The fraction of sp³-hybridized carbons (Fsp3) is 0.286. The maximum absolute atomic E-state index is 12.4. The minimum Gasteiger partial charge on any atom is -0.455 e. The number of hydrogen-bond donors (Lipinski definition) is 1. The molecule has 0 aliphatic carbocycles. The van der Waals surface area contributed by atoms with Gasteiger partial charge >= 0.3 is 5.97 Å². The van der Waals surface area contributed by atoms with Crippen molar-refractivity contribution < 1.29 is 19.1 Å². The predicted molar refractivity (Wildman–Crippen MR) is 112 cm³/mol.